The van der Waals surface area contributed by atoms with Crippen molar-refractivity contribution in [2.24, 2.45) is 0 Å². The highest BCUT2D eigenvalue weighted by Gasteiger charge is 2.17. The highest BCUT2D eigenvalue weighted by atomic mass is 32.1. The van der Waals surface area contributed by atoms with Crippen molar-refractivity contribution in [3.8, 4) is 5.75 Å². The van der Waals surface area contributed by atoms with Gasteiger partial charge in [-0.3, -0.25) is 0 Å². The van der Waals surface area contributed by atoms with Gasteiger partial charge < -0.3 is 10.1 Å². The summed E-state index contributed by atoms with van der Waals surface area (Å²) >= 11 is 1.72. The van der Waals surface area contributed by atoms with Gasteiger partial charge in [-0.25, -0.2) is 4.98 Å². The summed E-state index contributed by atoms with van der Waals surface area (Å²) in [5, 5.41) is 3.56. The Morgan fingerprint density at radius 3 is 2.75 bits per heavy atom. The maximum atomic E-state index is 5.49. The summed E-state index contributed by atoms with van der Waals surface area (Å²) in [5.41, 5.74) is 5.54. The van der Waals surface area contributed by atoms with Gasteiger partial charge in [0.25, 0.3) is 0 Å². The third-order valence-corrected chi connectivity index (χ3v) is 4.45. The maximum Gasteiger partial charge on any atom is 0.122 e. The van der Waals surface area contributed by atoms with E-state index in [4.69, 9.17) is 4.74 Å². The molecule has 0 saturated heterocycles. The molecule has 20 heavy (non-hydrogen) atoms. The van der Waals surface area contributed by atoms with Crippen molar-refractivity contribution in [2.75, 3.05) is 13.7 Å². The molecule has 1 aromatic heterocycles. The van der Waals surface area contributed by atoms with Crippen LogP contribution < -0.4 is 10.1 Å². The number of aryl methyl sites for hydroxylation is 2. The second-order valence-electron chi connectivity index (χ2n) is 4.93. The predicted molar refractivity (Wildman–Crippen MR) is 84.7 cm³/mol. The predicted octanol–water partition coefficient (Wildman–Crippen LogP) is 3.66. The number of hydrogen-bond donors (Lipinski definition) is 1. The molecule has 108 valence electrons. The van der Waals surface area contributed by atoms with Crippen LogP contribution in [0, 0.1) is 13.8 Å². The Morgan fingerprint density at radius 1 is 1.35 bits per heavy atom. The highest BCUT2D eigenvalue weighted by Crippen LogP contribution is 2.29. The Balaban J connectivity index is 2.29. The van der Waals surface area contributed by atoms with Gasteiger partial charge in [-0.05, 0) is 38.4 Å². The quantitative estimate of drug-likeness (QED) is 0.881. The van der Waals surface area contributed by atoms with Crippen LogP contribution in [0.15, 0.2) is 23.7 Å². The van der Waals surface area contributed by atoms with Crippen molar-refractivity contribution in [3.63, 3.8) is 0 Å². The molecule has 2 aromatic rings. The Morgan fingerprint density at radius 2 is 2.15 bits per heavy atom. The lowest BCUT2D eigenvalue weighted by Crippen LogP contribution is -2.23. The van der Waals surface area contributed by atoms with E-state index in [-0.39, 0.29) is 0 Å². The van der Waals surface area contributed by atoms with Crippen LogP contribution in [0.1, 0.15) is 34.7 Å². The van der Waals surface area contributed by atoms with E-state index in [1.54, 1.807) is 18.4 Å². The van der Waals surface area contributed by atoms with Gasteiger partial charge in [-0.1, -0.05) is 24.6 Å². The van der Waals surface area contributed by atoms with Gasteiger partial charge in [0.2, 0.25) is 0 Å². The molecule has 0 aliphatic carbocycles. The molecule has 0 saturated carbocycles. The topological polar surface area (TPSA) is 34.1 Å². The van der Waals surface area contributed by atoms with Gasteiger partial charge in [0, 0.05) is 10.9 Å². The van der Waals surface area contributed by atoms with Crippen LogP contribution in [0.3, 0.4) is 0 Å². The number of benzene rings is 1. The monoisotopic (exact) mass is 290 g/mol. The zero-order valence-electron chi connectivity index (χ0n) is 12.6. The molecule has 0 aliphatic heterocycles. The molecule has 0 aliphatic rings. The first-order valence-corrected chi connectivity index (χ1v) is 7.80. The fourth-order valence-corrected chi connectivity index (χ4v) is 3.31. The molecule has 2 rings (SSSR count). The minimum absolute atomic E-state index is 0.295. The molecule has 0 fully saturated rings. The van der Waals surface area contributed by atoms with Gasteiger partial charge in [-0.15, -0.1) is 11.3 Å². The van der Waals surface area contributed by atoms with E-state index in [0.717, 1.165) is 24.4 Å². The molecule has 1 heterocycles. The van der Waals surface area contributed by atoms with E-state index in [1.165, 1.54) is 16.0 Å². The van der Waals surface area contributed by atoms with E-state index in [0.29, 0.717) is 6.04 Å². The lowest BCUT2D eigenvalue weighted by atomic mass is 10.0. The standard InChI is InChI=1S/C16H22N2OS/c1-5-17-14(16-12(3)18-10-20-16)9-13-8-11(2)6-7-15(13)19-4/h6-8,10,14,17H,5,9H2,1-4H3. The smallest absolute Gasteiger partial charge is 0.122 e. The molecule has 0 bridgehead atoms. The Kier molecular flexibility index (Phi) is 5.15. The van der Waals surface area contributed by atoms with E-state index in [1.807, 2.05) is 11.6 Å². The Bertz CT molecular complexity index is 565. The fourth-order valence-electron chi connectivity index (χ4n) is 2.44. The molecule has 1 N–H and O–H groups in total. The minimum atomic E-state index is 0.295. The van der Waals surface area contributed by atoms with Crippen LogP contribution in [-0.2, 0) is 6.42 Å². The Labute approximate surface area is 125 Å². The number of nitrogens with one attached hydrogen (secondary N) is 1. The number of hydrogen-bond acceptors (Lipinski definition) is 4. The third kappa shape index (κ3) is 3.38. The zero-order valence-corrected chi connectivity index (χ0v) is 13.4. The van der Waals surface area contributed by atoms with Gasteiger partial charge in [0.05, 0.1) is 18.3 Å². The van der Waals surface area contributed by atoms with E-state index >= 15 is 0 Å². The van der Waals surface area contributed by atoms with Crippen molar-refractivity contribution >= 4 is 11.3 Å². The van der Waals surface area contributed by atoms with Gasteiger partial charge in [0.15, 0.2) is 0 Å². The third-order valence-electron chi connectivity index (χ3n) is 3.41. The van der Waals surface area contributed by atoms with E-state index < -0.39 is 0 Å². The van der Waals surface area contributed by atoms with Crippen LogP contribution >= 0.6 is 11.3 Å². The number of rotatable bonds is 6. The maximum absolute atomic E-state index is 5.49. The van der Waals surface area contributed by atoms with Gasteiger partial charge in [0.1, 0.15) is 5.75 Å². The zero-order chi connectivity index (χ0) is 14.5. The summed E-state index contributed by atoms with van der Waals surface area (Å²) in [5.74, 6) is 0.959. The lowest BCUT2D eigenvalue weighted by Gasteiger charge is -2.19. The first-order chi connectivity index (χ1) is 9.65. The molecule has 1 atom stereocenters. The van der Waals surface area contributed by atoms with Gasteiger partial charge >= 0.3 is 0 Å². The molecule has 3 nitrogen and oxygen atoms in total. The Hall–Kier alpha value is -1.39. The largest absolute Gasteiger partial charge is 0.496 e. The minimum Gasteiger partial charge on any atom is -0.496 e. The van der Waals surface area contributed by atoms with Crippen LogP contribution in [0.4, 0.5) is 0 Å². The summed E-state index contributed by atoms with van der Waals surface area (Å²) in [4.78, 5) is 5.68. The summed E-state index contributed by atoms with van der Waals surface area (Å²) in [6, 6.07) is 6.64. The van der Waals surface area contributed by atoms with Crippen LogP contribution in [0.25, 0.3) is 0 Å². The molecule has 0 spiro atoms. The average Bonchev–Trinajstić information content (AvgIpc) is 2.85. The van der Waals surface area contributed by atoms with Crippen molar-refractivity contribution < 1.29 is 4.74 Å². The average molecular weight is 290 g/mol. The van der Waals surface area contributed by atoms with E-state index in [2.05, 4.69) is 43.2 Å². The number of aromatic nitrogens is 1. The lowest BCUT2D eigenvalue weighted by molar-refractivity contribution is 0.405. The van der Waals surface area contributed by atoms with Crippen molar-refractivity contribution in [2.45, 2.75) is 33.2 Å². The van der Waals surface area contributed by atoms with Crippen molar-refractivity contribution in [1.82, 2.24) is 10.3 Å². The molecule has 4 heteroatoms. The molecule has 1 unspecified atom stereocenters. The normalized spacial score (nSPS) is 12.4. The molecule has 1 aromatic carbocycles. The second kappa shape index (κ2) is 6.86. The second-order valence-corrected chi connectivity index (χ2v) is 5.82. The number of ether oxygens (including phenoxy) is 1. The van der Waals surface area contributed by atoms with Crippen LogP contribution in [-0.4, -0.2) is 18.6 Å². The van der Waals surface area contributed by atoms with Gasteiger partial charge in [-0.2, -0.15) is 0 Å². The van der Waals surface area contributed by atoms with Crippen molar-refractivity contribution in [1.29, 1.82) is 0 Å². The molecule has 0 radical (unpaired) electrons. The fraction of sp³-hybridized carbons (Fsp3) is 0.438. The summed E-state index contributed by atoms with van der Waals surface area (Å²) in [6.07, 6.45) is 0.918. The van der Waals surface area contributed by atoms with E-state index in [9.17, 15) is 0 Å². The molecular formula is C16H22N2OS. The van der Waals surface area contributed by atoms with Crippen LogP contribution in [0.2, 0.25) is 0 Å². The number of likely N-dealkylation sites (N-methyl/N-ethyl adjacent to an activating group) is 1. The summed E-state index contributed by atoms with van der Waals surface area (Å²) < 4.78 is 5.49. The number of methoxy groups -OCH3 is 1. The molecule has 0 amide bonds. The number of nitrogens with zero attached hydrogens (tertiary/aromatic N) is 1. The summed E-state index contributed by atoms with van der Waals surface area (Å²) in [7, 11) is 1.73. The first-order valence-electron chi connectivity index (χ1n) is 6.92. The van der Waals surface area contributed by atoms with Crippen LogP contribution in [0.5, 0.6) is 5.75 Å². The number of thiazole rings is 1. The molecular weight excluding hydrogens is 268 g/mol. The van der Waals surface area contributed by atoms with Crippen molar-refractivity contribution in [3.05, 3.63) is 45.4 Å². The highest BCUT2D eigenvalue weighted by molar-refractivity contribution is 7.09. The first kappa shape index (κ1) is 15.0. The SMILES string of the molecule is CCNC(Cc1cc(C)ccc1OC)c1scnc1C. The summed E-state index contributed by atoms with van der Waals surface area (Å²) in [6.45, 7) is 7.26.